The number of nitrogens with two attached hydrogens (primary N) is 2. The van der Waals surface area contributed by atoms with Crippen LogP contribution in [0.1, 0.15) is 24.5 Å². The number of ether oxygens (including phenoxy) is 1. The molecule has 1 atom stereocenters. The van der Waals surface area contributed by atoms with Gasteiger partial charge in [-0.3, -0.25) is 25.7 Å². The lowest BCUT2D eigenvalue weighted by atomic mass is 10.1. The monoisotopic (exact) mass is 541 g/mol. The molecule has 0 aliphatic carbocycles. The highest BCUT2D eigenvalue weighted by atomic mass is 32.2. The first-order chi connectivity index (χ1) is 17.3. The average Bonchev–Trinajstić information content (AvgIpc) is 2.80. The summed E-state index contributed by atoms with van der Waals surface area (Å²) in [5.74, 6) is -4.49. The van der Waals surface area contributed by atoms with E-state index in [2.05, 4.69) is 5.32 Å². The van der Waals surface area contributed by atoms with Crippen LogP contribution in [0.25, 0.3) is 0 Å². The zero-order chi connectivity index (χ0) is 27.8. The Morgan fingerprint density at radius 3 is 2.41 bits per heavy atom. The summed E-state index contributed by atoms with van der Waals surface area (Å²) in [4.78, 5) is 34.9. The Kier molecular flexibility index (Phi) is 10.2. The number of hydrogen-bond acceptors (Lipinski definition) is 7. The smallest absolute Gasteiger partial charge is 0.270 e. The highest BCUT2D eigenvalue weighted by molar-refractivity contribution is 7.89. The Balaban J connectivity index is 0.00000112. The summed E-state index contributed by atoms with van der Waals surface area (Å²) in [6.45, 7) is 0.925. The van der Waals surface area contributed by atoms with Crippen LogP contribution < -0.4 is 26.4 Å². The summed E-state index contributed by atoms with van der Waals surface area (Å²) in [5, 5.41) is 17.7. The van der Waals surface area contributed by atoms with Gasteiger partial charge < -0.3 is 20.0 Å². The molecule has 1 aliphatic heterocycles. The highest BCUT2D eigenvalue weighted by Gasteiger charge is 2.34. The predicted octanol–water partition coefficient (Wildman–Crippen LogP) is -2.69. The summed E-state index contributed by atoms with van der Waals surface area (Å²) in [6, 6.07) is 8.78. The van der Waals surface area contributed by atoms with Crippen LogP contribution in [0.4, 0.5) is 8.78 Å². The fourth-order valence-corrected chi connectivity index (χ4v) is 4.15. The standard InChI is InChI=1S/C20H21F2N5O5S.C2H4O2/c21-14-5-6-17(15(22)9-14)33(30,31)26-27-7-8-32-16(20(27)29)10-18(28)25-11-12-1-3-13(4-2-12)19(23)24;1-2(3)4/h1-6,9,16,26H,7-8,10-11H2,(H3,23,24)(H,25,28);1H3,(H,3,4)/t16-;/m0./s1. The second-order valence-corrected chi connectivity index (χ2v) is 9.27. The van der Waals surface area contributed by atoms with Crippen molar-refractivity contribution in [1.29, 1.82) is 0 Å². The maximum atomic E-state index is 13.9. The van der Waals surface area contributed by atoms with Crippen LogP contribution in [0.15, 0.2) is 47.4 Å². The van der Waals surface area contributed by atoms with E-state index in [1.165, 1.54) is 0 Å². The van der Waals surface area contributed by atoms with E-state index >= 15 is 0 Å². The molecule has 0 radical (unpaired) electrons. The average molecular weight is 542 g/mol. The van der Waals surface area contributed by atoms with Gasteiger partial charge in [0.2, 0.25) is 5.91 Å². The molecule has 37 heavy (non-hydrogen) atoms. The van der Waals surface area contributed by atoms with Crippen molar-refractivity contribution in [3.05, 3.63) is 65.2 Å². The minimum atomic E-state index is -4.51. The summed E-state index contributed by atoms with van der Waals surface area (Å²) >= 11 is 0. The number of carboxylic acid groups (broad SMARTS) is 1. The first kappa shape index (κ1) is 29.3. The molecule has 1 saturated heterocycles. The summed E-state index contributed by atoms with van der Waals surface area (Å²) in [6.07, 6.45) is -1.60. The molecular formula is C22H25F2N5O7S. The van der Waals surface area contributed by atoms with Crippen LogP contribution in [0.5, 0.6) is 0 Å². The number of amides is 2. The Bertz CT molecular complexity index is 1270. The molecule has 0 unspecified atom stereocenters. The Morgan fingerprint density at radius 2 is 1.84 bits per heavy atom. The number of halogens is 2. The van der Waals surface area contributed by atoms with Crippen LogP contribution >= 0.6 is 0 Å². The van der Waals surface area contributed by atoms with E-state index in [1.807, 2.05) is 4.83 Å². The molecule has 1 aliphatic rings. The molecule has 2 aromatic carbocycles. The van der Waals surface area contributed by atoms with Crippen LogP contribution in [-0.4, -0.2) is 56.3 Å². The Labute approximate surface area is 210 Å². The minimum absolute atomic E-state index is 0.0589. The number of hydrogen-bond donors (Lipinski definition) is 4. The van der Waals surface area contributed by atoms with Crippen molar-refractivity contribution in [2.45, 2.75) is 30.9 Å². The van der Waals surface area contributed by atoms with Crippen molar-refractivity contribution in [1.82, 2.24) is 15.2 Å². The summed E-state index contributed by atoms with van der Waals surface area (Å²) < 4.78 is 57.1. The van der Waals surface area contributed by atoms with Gasteiger partial charge in [-0.05, 0) is 36.8 Å². The normalized spacial score (nSPS) is 15.4. The SMILES string of the molecule is CC(=O)[O-].NC(=[NH2+])c1ccc(CNC(=O)C[C@@H]2OCCN(NS(=O)(=O)c3ccc(F)cc3F)C2=O)cc1. The number of morpholine rings is 1. The third-order valence-corrected chi connectivity index (χ3v) is 6.11. The van der Waals surface area contributed by atoms with Crippen molar-refractivity contribution in [2.75, 3.05) is 13.2 Å². The first-order valence-corrected chi connectivity index (χ1v) is 12.1. The maximum absolute atomic E-state index is 13.9. The Morgan fingerprint density at radius 1 is 1.22 bits per heavy atom. The molecule has 0 aromatic heterocycles. The van der Waals surface area contributed by atoms with E-state index in [1.54, 1.807) is 24.3 Å². The van der Waals surface area contributed by atoms with Gasteiger partial charge in [-0.15, -0.1) is 4.83 Å². The molecule has 2 aromatic rings. The number of aliphatic carboxylic acids is 1. The summed E-state index contributed by atoms with van der Waals surface area (Å²) in [5.41, 5.74) is 6.91. The molecule has 1 heterocycles. The number of benzene rings is 2. The molecule has 6 N–H and O–H groups in total. The topological polar surface area (TPSA) is 197 Å². The zero-order valence-corrected chi connectivity index (χ0v) is 20.4. The number of carboxylic acids is 1. The molecule has 2 amide bonds. The number of nitrogens with one attached hydrogen (secondary N) is 2. The molecular weight excluding hydrogens is 516 g/mol. The third kappa shape index (κ3) is 8.89. The van der Waals surface area contributed by atoms with Crippen molar-refractivity contribution >= 4 is 33.6 Å². The minimum Gasteiger partial charge on any atom is -0.550 e. The van der Waals surface area contributed by atoms with Gasteiger partial charge in [-0.2, -0.15) is 0 Å². The second-order valence-electron chi connectivity index (χ2n) is 7.64. The van der Waals surface area contributed by atoms with Crippen LogP contribution in [0.3, 0.4) is 0 Å². The van der Waals surface area contributed by atoms with Crippen molar-refractivity contribution in [3.63, 3.8) is 0 Å². The Hall–Kier alpha value is -3.95. The van der Waals surface area contributed by atoms with E-state index in [9.17, 15) is 26.8 Å². The zero-order valence-electron chi connectivity index (χ0n) is 19.6. The molecule has 200 valence electrons. The van der Waals surface area contributed by atoms with Gasteiger partial charge in [-0.25, -0.2) is 17.2 Å². The molecule has 1 fully saturated rings. The van der Waals surface area contributed by atoms with Crippen molar-refractivity contribution in [3.8, 4) is 0 Å². The lowest BCUT2D eigenvalue weighted by molar-refractivity contribution is -0.302. The van der Waals surface area contributed by atoms with E-state index in [-0.39, 0.29) is 32.0 Å². The van der Waals surface area contributed by atoms with E-state index < -0.39 is 50.4 Å². The van der Waals surface area contributed by atoms with Gasteiger partial charge in [0.1, 0.15) is 22.6 Å². The third-order valence-electron chi connectivity index (χ3n) is 4.74. The molecule has 0 bridgehead atoms. The van der Waals surface area contributed by atoms with Crippen LogP contribution in [0.2, 0.25) is 0 Å². The number of carbonyl (C=O) groups excluding carboxylic acids is 3. The number of amidine groups is 1. The van der Waals surface area contributed by atoms with Crippen LogP contribution in [0, 0.1) is 11.6 Å². The van der Waals surface area contributed by atoms with Gasteiger partial charge >= 0.3 is 0 Å². The maximum Gasteiger partial charge on any atom is 0.270 e. The van der Waals surface area contributed by atoms with Crippen LogP contribution in [-0.2, 0) is 35.7 Å². The number of nitrogens with zero attached hydrogens (tertiary/aromatic N) is 1. The lowest BCUT2D eigenvalue weighted by Crippen LogP contribution is -2.56. The van der Waals surface area contributed by atoms with Gasteiger partial charge in [0.05, 0.1) is 25.1 Å². The van der Waals surface area contributed by atoms with Crippen molar-refractivity contribution < 1.29 is 46.8 Å². The highest BCUT2D eigenvalue weighted by Crippen LogP contribution is 2.17. The molecule has 0 spiro atoms. The predicted molar refractivity (Wildman–Crippen MR) is 122 cm³/mol. The molecule has 3 rings (SSSR count). The van der Waals surface area contributed by atoms with E-state index in [4.69, 9.17) is 25.8 Å². The number of carbonyl (C=O) groups is 3. The summed E-state index contributed by atoms with van der Waals surface area (Å²) in [7, 11) is -4.51. The first-order valence-electron chi connectivity index (χ1n) is 10.6. The quantitative estimate of drug-likeness (QED) is 0.205. The molecule has 15 heteroatoms. The number of sulfonamides is 1. The van der Waals surface area contributed by atoms with Crippen molar-refractivity contribution in [2.24, 2.45) is 5.73 Å². The molecule has 12 nitrogen and oxygen atoms in total. The van der Waals surface area contributed by atoms with Gasteiger partial charge in [0.25, 0.3) is 21.8 Å². The second kappa shape index (κ2) is 12.8. The fourth-order valence-electron chi connectivity index (χ4n) is 3.02. The van der Waals surface area contributed by atoms with Gasteiger partial charge in [0.15, 0.2) is 0 Å². The van der Waals surface area contributed by atoms with E-state index in [0.717, 1.165) is 29.6 Å². The fraction of sp³-hybridized carbons (Fsp3) is 0.273. The molecule has 0 saturated carbocycles. The lowest BCUT2D eigenvalue weighted by Gasteiger charge is -2.31. The van der Waals surface area contributed by atoms with Gasteiger partial charge in [0, 0.05) is 18.6 Å². The van der Waals surface area contributed by atoms with E-state index in [0.29, 0.717) is 11.6 Å². The number of rotatable bonds is 8. The number of hydrazine groups is 1. The van der Waals surface area contributed by atoms with Gasteiger partial charge in [-0.1, -0.05) is 12.1 Å². The largest absolute Gasteiger partial charge is 0.550 e.